The zero-order valence-corrected chi connectivity index (χ0v) is 10.8. The maximum atomic E-state index is 11.5. The summed E-state index contributed by atoms with van der Waals surface area (Å²) < 4.78 is 0. The zero-order valence-electron chi connectivity index (χ0n) is 10.8. The van der Waals surface area contributed by atoms with E-state index in [0.29, 0.717) is 6.42 Å². The molecule has 0 spiro atoms. The van der Waals surface area contributed by atoms with Crippen LogP contribution >= 0.6 is 0 Å². The summed E-state index contributed by atoms with van der Waals surface area (Å²) in [5.41, 5.74) is 0. The van der Waals surface area contributed by atoms with Crippen LogP contribution < -0.4 is 5.32 Å². The van der Waals surface area contributed by atoms with Crippen LogP contribution in [0, 0.1) is 0 Å². The quantitative estimate of drug-likeness (QED) is 0.354. The van der Waals surface area contributed by atoms with Gasteiger partial charge in [0, 0.05) is 0 Å². The largest absolute Gasteiger partial charge is 0.480 e. The predicted molar refractivity (Wildman–Crippen MR) is 66.9 cm³/mol. The van der Waals surface area contributed by atoms with E-state index in [2.05, 4.69) is 5.32 Å². The number of carboxylic acid groups (broad SMARTS) is 1. The molecule has 0 aliphatic carbocycles. The SMILES string of the molecule is C/C=C\C(=O)N(C=O)C(CCCCNC)C(=O)O. The number of hydrogen-bond acceptors (Lipinski definition) is 4. The molecule has 0 bridgehead atoms. The molecule has 6 heteroatoms. The van der Waals surface area contributed by atoms with Crippen LogP contribution in [0.2, 0.25) is 0 Å². The van der Waals surface area contributed by atoms with Crippen molar-refractivity contribution in [3.8, 4) is 0 Å². The van der Waals surface area contributed by atoms with E-state index >= 15 is 0 Å². The topological polar surface area (TPSA) is 86.7 Å². The summed E-state index contributed by atoms with van der Waals surface area (Å²) in [6, 6.07) is -1.09. The Morgan fingerprint density at radius 2 is 2.06 bits per heavy atom. The van der Waals surface area contributed by atoms with Crippen LogP contribution in [-0.4, -0.2) is 47.9 Å². The highest BCUT2D eigenvalue weighted by Gasteiger charge is 2.27. The Hall–Kier alpha value is -1.69. The lowest BCUT2D eigenvalue weighted by Crippen LogP contribution is -2.43. The summed E-state index contributed by atoms with van der Waals surface area (Å²) in [4.78, 5) is 34.2. The minimum Gasteiger partial charge on any atom is -0.480 e. The number of imide groups is 1. The lowest BCUT2D eigenvalue weighted by molar-refractivity contribution is -0.152. The molecule has 0 aromatic heterocycles. The predicted octanol–water partition coefficient (Wildman–Crippen LogP) is 0.390. The molecule has 0 rings (SSSR count). The maximum absolute atomic E-state index is 11.5. The Morgan fingerprint density at radius 1 is 1.39 bits per heavy atom. The van der Waals surface area contributed by atoms with Gasteiger partial charge >= 0.3 is 5.97 Å². The standard InChI is InChI=1S/C12H20N2O4/c1-3-6-11(16)14(9-15)10(12(17)18)7-4-5-8-13-2/h3,6,9-10,13H,4-5,7-8H2,1-2H3,(H,17,18)/b6-3-. The second-order valence-electron chi connectivity index (χ2n) is 3.80. The van der Waals surface area contributed by atoms with Crippen molar-refractivity contribution in [2.45, 2.75) is 32.2 Å². The monoisotopic (exact) mass is 256 g/mol. The first kappa shape index (κ1) is 16.3. The van der Waals surface area contributed by atoms with Crippen molar-refractivity contribution < 1.29 is 19.5 Å². The minimum atomic E-state index is -1.16. The lowest BCUT2D eigenvalue weighted by Gasteiger charge is -2.21. The van der Waals surface area contributed by atoms with E-state index in [0.717, 1.165) is 17.9 Å². The first-order chi connectivity index (χ1) is 8.58. The van der Waals surface area contributed by atoms with Crippen molar-refractivity contribution in [1.82, 2.24) is 10.2 Å². The summed E-state index contributed by atoms with van der Waals surface area (Å²) in [5.74, 6) is -1.77. The number of allylic oxidation sites excluding steroid dienone is 1. The second-order valence-corrected chi connectivity index (χ2v) is 3.80. The molecule has 0 saturated heterocycles. The van der Waals surface area contributed by atoms with Gasteiger partial charge in [0.05, 0.1) is 0 Å². The minimum absolute atomic E-state index is 0.263. The molecular weight excluding hydrogens is 236 g/mol. The molecule has 0 fully saturated rings. The average molecular weight is 256 g/mol. The summed E-state index contributed by atoms with van der Waals surface area (Å²) in [6.45, 7) is 2.40. The van der Waals surface area contributed by atoms with Gasteiger partial charge in [0.25, 0.3) is 5.91 Å². The molecule has 18 heavy (non-hydrogen) atoms. The molecule has 0 saturated carbocycles. The fourth-order valence-corrected chi connectivity index (χ4v) is 1.53. The number of carbonyl (C=O) groups excluding carboxylic acids is 2. The summed E-state index contributed by atoms with van der Waals surface area (Å²) in [5, 5.41) is 12.0. The van der Waals surface area contributed by atoms with E-state index in [1.54, 1.807) is 6.92 Å². The average Bonchev–Trinajstić information content (AvgIpc) is 2.33. The maximum Gasteiger partial charge on any atom is 0.326 e. The fourth-order valence-electron chi connectivity index (χ4n) is 1.53. The number of carbonyl (C=O) groups is 3. The third kappa shape index (κ3) is 5.58. The number of carboxylic acids is 1. The molecule has 0 aliphatic rings. The van der Waals surface area contributed by atoms with Crippen LogP contribution in [0.5, 0.6) is 0 Å². The van der Waals surface area contributed by atoms with Crippen LogP contribution in [0.15, 0.2) is 12.2 Å². The van der Waals surface area contributed by atoms with E-state index in [1.165, 1.54) is 12.2 Å². The Kier molecular flexibility index (Phi) is 8.47. The highest BCUT2D eigenvalue weighted by atomic mass is 16.4. The Morgan fingerprint density at radius 3 is 2.50 bits per heavy atom. The third-order valence-electron chi connectivity index (χ3n) is 2.45. The summed E-state index contributed by atoms with van der Waals surface area (Å²) in [7, 11) is 1.81. The first-order valence-electron chi connectivity index (χ1n) is 5.86. The Labute approximate surface area is 107 Å². The smallest absolute Gasteiger partial charge is 0.326 e. The van der Waals surface area contributed by atoms with Crippen molar-refractivity contribution in [3.05, 3.63) is 12.2 Å². The molecule has 1 atom stereocenters. The lowest BCUT2D eigenvalue weighted by atomic mass is 10.1. The van der Waals surface area contributed by atoms with Crippen LogP contribution in [0.4, 0.5) is 0 Å². The van der Waals surface area contributed by atoms with E-state index in [1.807, 2.05) is 7.05 Å². The number of unbranched alkanes of at least 4 members (excludes halogenated alkanes) is 1. The van der Waals surface area contributed by atoms with E-state index in [-0.39, 0.29) is 12.8 Å². The molecule has 0 radical (unpaired) electrons. The second kappa shape index (κ2) is 9.35. The van der Waals surface area contributed by atoms with Gasteiger partial charge in [-0.3, -0.25) is 14.5 Å². The first-order valence-corrected chi connectivity index (χ1v) is 5.86. The molecule has 2 N–H and O–H groups in total. The molecule has 2 amide bonds. The molecule has 0 aliphatic heterocycles. The van der Waals surface area contributed by atoms with E-state index in [9.17, 15) is 14.4 Å². The highest BCUT2D eigenvalue weighted by molar-refractivity contribution is 5.98. The van der Waals surface area contributed by atoms with Crippen LogP contribution in [-0.2, 0) is 14.4 Å². The molecule has 6 nitrogen and oxygen atoms in total. The van der Waals surface area contributed by atoms with Crippen LogP contribution in [0.1, 0.15) is 26.2 Å². The van der Waals surface area contributed by atoms with E-state index < -0.39 is 17.9 Å². The van der Waals surface area contributed by atoms with Gasteiger partial charge in [-0.15, -0.1) is 0 Å². The molecule has 0 aromatic rings. The van der Waals surface area contributed by atoms with Crippen LogP contribution in [0.25, 0.3) is 0 Å². The van der Waals surface area contributed by atoms with Crippen molar-refractivity contribution in [1.29, 1.82) is 0 Å². The third-order valence-corrected chi connectivity index (χ3v) is 2.45. The van der Waals surface area contributed by atoms with Gasteiger partial charge in [0.15, 0.2) is 0 Å². The van der Waals surface area contributed by atoms with Gasteiger partial charge in [-0.05, 0) is 45.9 Å². The zero-order chi connectivity index (χ0) is 14.0. The summed E-state index contributed by atoms with van der Waals surface area (Å²) >= 11 is 0. The van der Waals surface area contributed by atoms with Gasteiger partial charge in [0.1, 0.15) is 6.04 Å². The Balaban J connectivity index is 4.58. The van der Waals surface area contributed by atoms with Gasteiger partial charge in [-0.2, -0.15) is 0 Å². The number of amides is 2. The molecule has 102 valence electrons. The molecule has 0 heterocycles. The van der Waals surface area contributed by atoms with E-state index in [4.69, 9.17) is 5.11 Å². The number of nitrogens with zero attached hydrogens (tertiary/aromatic N) is 1. The van der Waals surface area contributed by atoms with Crippen molar-refractivity contribution in [2.75, 3.05) is 13.6 Å². The van der Waals surface area contributed by atoms with Gasteiger partial charge in [-0.1, -0.05) is 6.08 Å². The fraction of sp³-hybridized carbons (Fsp3) is 0.583. The van der Waals surface area contributed by atoms with Gasteiger partial charge in [0.2, 0.25) is 6.41 Å². The number of aliphatic carboxylic acids is 1. The molecule has 1 unspecified atom stereocenters. The highest BCUT2D eigenvalue weighted by Crippen LogP contribution is 2.09. The van der Waals surface area contributed by atoms with Crippen molar-refractivity contribution in [3.63, 3.8) is 0 Å². The number of hydrogen-bond donors (Lipinski definition) is 2. The van der Waals surface area contributed by atoms with Gasteiger partial charge in [-0.25, -0.2) is 4.79 Å². The molecule has 0 aromatic carbocycles. The van der Waals surface area contributed by atoms with Crippen molar-refractivity contribution in [2.24, 2.45) is 0 Å². The summed E-state index contributed by atoms with van der Waals surface area (Å²) in [6.07, 6.45) is 4.62. The normalized spacial score (nSPS) is 12.3. The number of rotatable bonds is 9. The Bertz CT molecular complexity index is 315. The number of nitrogens with one attached hydrogen (secondary N) is 1. The van der Waals surface area contributed by atoms with Crippen LogP contribution in [0.3, 0.4) is 0 Å². The van der Waals surface area contributed by atoms with Crippen molar-refractivity contribution >= 4 is 18.3 Å². The molecular formula is C12H20N2O4. The van der Waals surface area contributed by atoms with Gasteiger partial charge < -0.3 is 10.4 Å².